The van der Waals surface area contributed by atoms with Crippen LogP contribution in [0.2, 0.25) is 0 Å². The highest BCUT2D eigenvalue weighted by atomic mass is 127. The molecule has 0 atom stereocenters. The molecule has 7 nitrogen and oxygen atoms in total. The molecular weight excluding hydrogens is 403 g/mol. The molecule has 112 valence electrons. The molecule has 0 heterocycles. The first kappa shape index (κ1) is 15.9. The van der Waals surface area contributed by atoms with Crippen LogP contribution in [0.25, 0.3) is 0 Å². The van der Waals surface area contributed by atoms with Gasteiger partial charge in [-0.15, -0.1) is 0 Å². The predicted octanol–water partition coefficient (Wildman–Crippen LogP) is 1.82. The summed E-state index contributed by atoms with van der Waals surface area (Å²) in [4.78, 5) is 33.5. The van der Waals surface area contributed by atoms with Gasteiger partial charge in [-0.05, 0) is 46.9 Å². The van der Waals surface area contributed by atoms with Gasteiger partial charge in [-0.25, -0.2) is 0 Å². The quantitative estimate of drug-likeness (QED) is 0.469. The molecule has 0 saturated heterocycles. The maximum atomic E-state index is 12.2. The van der Waals surface area contributed by atoms with Crippen molar-refractivity contribution in [2.24, 2.45) is 0 Å². The number of nitro benzene ring substituents is 1. The molecule has 0 aromatic heterocycles. The van der Waals surface area contributed by atoms with Gasteiger partial charge in [0.2, 0.25) is 0 Å². The molecule has 0 unspecified atom stereocenters. The third-order valence-electron chi connectivity index (χ3n) is 2.79. The molecule has 0 saturated carbocycles. The molecule has 0 aliphatic rings. The van der Waals surface area contributed by atoms with E-state index in [2.05, 4.69) is 27.9 Å². The van der Waals surface area contributed by atoms with Gasteiger partial charge in [0, 0.05) is 20.9 Å². The molecule has 0 bridgehead atoms. The van der Waals surface area contributed by atoms with Crippen LogP contribution in [0.5, 0.6) is 0 Å². The number of amides is 1. The lowest BCUT2D eigenvalue weighted by Crippen LogP contribution is -2.27. The van der Waals surface area contributed by atoms with Crippen LogP contribution in [0.1, 0.15) is 20.7 Å². The molecule has 0 aliphatic carbocycles. The monoisotopic (exact) mass is 411 g/mol. The molecule has 1 amide bonds. The highest BCUT2D eigenvalue weighted by Gasteiger charge is 2.24. The number of nitrogens with zero attached hydrogens (tertiary/aromatic N) is 1. The van der Waals surface area contributed by atoms with Crippen LogP contribution in [-0.2, 0) is 0 Å². The van der Waals surface area contributed by atoms with Crippen LogP contribution < -0.4 is 10.4 Å². The van der Waals surface area contributed by atoms with E-state index < -0.39 is 33.6 Å². The number of hydrogen-bond acceptors (Lipinski definition) is 5. The molecule has 22 heavy (non-hydrogen) atoms. The Labute approximate surface area is 138 Å². The van der Waals surface area contributed by atoms with Gasteiger partial charge in [-0.1, -0.05) is 12.1 Å². The van der Waals surface area contributed by atoms with Gasteiger partial charge in [0.25, 0.3) is 11.6 Å². The summed E-state index contributed by atoms with van der Waals surface area (Å²) < 4.78 is 0.941. The lowest BCUT2D eigenvalue weighted by molar-refractivity contribution is -0.385. The topological polar surface area (TPSA) is 112 Å². The lowest BCUT2D eigenvalue weighted by Gasteiger charge is -2.11. The van der Waals surface area contributed by atoms with Gasteiger partial charge in [-0.3, -0.25) is 14.9 Å². The van der Waals surface area contributed by atoms with Gasteiger partial charge in [0.1, 0.15) is 5.56 Å². The fraction of sp³-hybridized carbons (Fsp3) is 0. The third kappa shape index (κ3) is 3.39. The Bertz CT molecular complexity index is 726. The highest BCUT2D eigenvalue weighted by Crippen LogP contribution is 2.23. The van der Waals surface area contributed by atoms with E-state index in [1.54, 1.807) is 24.3 Å². The number of halogens is 1. The fourth-order valence-electron chi connectivity index (χ4n) is 1.83. The first-order valence-corrected chi connectivity index (χ1v) is 7.03. The van der Waals surface area contributed by atoms with E-state index in [0.29, 0.717) is 5.69 Å². The van der Waals surface area contributed by atoms with Crippen molar-refractivity contribution >= 4 is 45.8 Å². The van der Waals surface area contributed by atoms with Crippen molar-refractivity contribution in [1.29, 1.82) is 0 Å². The minimum atomic E-state index is -1.66. The predicted molar refractivity (Wildman–Crippen MR) is 84.5 cm³/mol. The number of carboxylic acids is 1. The molecule has 0 fully saturated rings. The Balaban J connectivity index is 2.45. The molecule has 1 N–H and O–H groups in total. The number of carbonyl (C=O) groups excluding carboxylic acids is 2. The van der Waals surface area contributed by atoms with Crippen LogP contribution in [0.15, 0.2) is 42.5 Å². The van der Waals surface area contributed by atoms with Crippen molar-refractivity contribution in [2.45, 2.75) is 0 Å². The van der Waals surface area contributed by atoms with Gasteiger partial charge in [0.05, 0.1) is 10.9 Å². The average molecular weight is 411 g/mol. The number of carboxylic acid groups (broad SMARTS) is 1. The largest absolute Gasteiger partial charge is 0.545 e. The first-order valence-electron chi connectivity index (χ1n) is 5.96. The van der Waals surface area contributed by atoms with Crippen molar-refractivity contribution in [2.75, 3.05) is 5.32 Å². The van der Waals surface area contributed by atoms with Crippen molar-refractivity contribution in [3.05, 3.63) is 67.3 Å². The van der Waals surface area contributed by atoms with Crippen LogP contribution in [0.3, 0.4) is 0 Å². The standard InChI is InChI=1S/C14H9IN2O5/c15-8-4-6-9(7-5-8)16-13(18)12-10(14(19)20)2-1-3-11(12)17(21)22/h1-7H,(H,16,18)(H,19,20)/p-1. The molecule has 8 heteroatoms. The summed E-state index contributed by atoms with van der Waals surface area (Å²) in [5.41, 5.74) is -1.26. The van der Waals surface area contributed by atoms with E-state index in [1.807, 2.05) is 0 Å². The highest BCUT2D eigenvalue weighted by molar-refractivity contribution is 14.1. The Morgan fingerprint density at radius 2 is 1.73 bits per heavy atom. The van der Waals surface area contributed by atoms with Crippen molar-refractivity contribution in [3.8, 4) is 0 Å². The zero-order valence-electron chi connectivity index (χ0n) is 10.9. The van der Waals surface area contributed by atoms with E-state index in [0.717, 1.165) is 15.7 Å². The Morgan fingerprint density at radius 3 is 2.27 bits per heavy atom. The number of anilines is 1. The number of carbonyl (C=O) groups is 2. The summed E-state index contributed by atoms with van der Waals surface area (Å²) in [6.45, 7) is 0. The zero-order valence-corrected chi connectivity index (χ0v) is 13.1. The number of nitro groups is 1. The summed E-state index contributed by atoms with van der Waals surface area (Å²) in [5, 5.41) is 24.5. The fourth-order valence-corrected chi connectivity index (χ4v) is 2.19. The average Bonchev–Trinajstić information content (AvgIpc) is 2.48. The Kier molecular flexibility index (Phi) is 4.71. The first-order chi connectivity index (χ1) is 10.4. The van der Waals surface area contributed by atoms with E-state index in [4.69, 9.17) is 0 Å². The van der Waals surface area contributed by atoms with E-state index >= 15 is 0 Å². The Morgan fingerprint density at radius 1 is 1.09 bits per heavy atom. The molecule has 2 aromatic rings. The van der Waals surface area contributed by atoms with Crippen molar-refractivity contribution in [3.63, 3.8) is 0 Å². The summed E-state index contributed by atoms with van der Waals surface area (Å²) in [7, 11) is 0. The molecule has 2 rings (SSSR count). The SMILES string of the molecule is O=C([O-])c1cccc([N+](=O)[O-])c1C(=O)Nc1ccc(I)cc1. The second kappa shape index (κ2) is 6.52. The second-order valence-corrected chi connectivity index (χ2v) is 5.45. The van der Waals surface area contributed by atoms with E-state index in [1.165, 1.54) is 6.07 Å². The molecular formula is C14H8IN2O5-. The Hall–Kier alpha value is -2.49. The summed E-state index contributed by atoms with van der Waals surface area (Å²) in [6, 6.07) is 10.0. The third-order valence-corrected chi connectivity index (χ3v) is 3.51. The molecule has 0 aliphatic heterocycles. The van der Waals surface area contributed by atoms with E-state index in [9.17, 15) is 24.8 Å². The van der Waals surface area contributed by atoms with E-state index in [-0.39, 0.29) is 0 Å². The van der Waals surface area contributed by atoms with Gasteiger partial charge >= 0.3 is 0 Å². The molecule has 2 aromatic carbocycles. The number of rotatable bonds is 4. The smallest absolute Gasteiger partial charge is 0.282 e. The maximum absolute atomic E-state index is 12.2. The lowest BCUT2D eigenvalue weighted by atomic mass is 10.0. The zero-order chi connectivity index (χ0) is 16.3. The van der Waals surface area contributed by atoms with Crippen LogP contribution in [0, 0.1) is 13.7 Å². The summed E-state index contributed by atoms with van der Waals surface area (Å²) in [5.74, 6) is -2.54. The number of nitrogens with one attached hydrogen (secondary N) is 1. The molecule has 0 radical (unpaired) electrons. The second-order valence-electron chi connectivity index (χ2n) is 4.21. The normalized spacial score (nSPS) is 10.0. The van der Waals surface area contributed by atoms with Crippen molar-refractivity contribution in [1.82, 2.24) is 0 Å². The van der Waals surface area contributed by atoms with Crippen molar-refractivity contribution < 1.29 is 19.6 Å². The minimum absolute atomic E-state index is 0.396. The number of benzene rings is 2. The van der Waals surface area contributed by atoms with Gasteiger partial charge in [0.15, 0.2) is 0 Å². The number of hydrogen-bond donors (Lipinski definition) is 1. The maximum Gasteiger partial charge on any atom is 0.282 e. The summed E-state index contributed by atoms with van der Waals surface area (Å²) >= 11 is 2.08. The van der Waals surface area contributed by atoms with Gasteiger partial charge < -0.3 is 15.2 Å². The van der Waals surface area contributed by atoms with Crippen LogP contribution in [-0.4, -0.2) is 16.8 Å². The molecule has 0 spiro atoms. The summed E-state index contributed by atoms with van der Waals surface area (Å²) in [6.07, 6.45) is 0. The van der Waals surface area contributed by atoms with Crippen LogP contribution >= 0.6 is 22.6 Å². The number of aromatic carboxylic acids is 1. The van der Waals surface area contributed by atoms with Crippen LogP contribution in [0.4, 0.5) is 11.4 Å². The minimum Gasteiger partial charge on any atom is -0.545 e. The van der Waals surface area contributed by atoms with Gasteiger partial charge in [-0.2, -0.15) is 0 Å².